The van der Waals surface area contributed by atoms with E-state index in [4.69, 9.17) is 34.8 Å². The minimum atomic E-state index is -4.50. The SMILES string of the molecule is FC(F)(F)Sc1c(Cl)nc(Cl)nc1Cl. The van der Waals surface area contributed by atoms with E-state index >= 15 is 0 Å². The van der Waals surface area contributed by atoms with Crippen molar-refractivity contribution < 1.29 is 13.2 Å². The van der Waals surface area contributed by atoms with Gasteiger partial charge in [0.25, 0.3) is 0 Å². The molecule has 0 unspecified atom stereocenters. The second-order valence-corrected chi connectivity index (χ2v) is 4.08. The van der Waals surface area contributed by atoms with Gasteiger partial charge < -0.3 is 0 Å². The number of aromatic nitrogens is 2. The summed E-state index contributed by atoms with van der Waals surface area (Å²) in [5, 5.41) is -1.14. The zero-order valence-corrected chi connectivity index (χ0v) is 9.15. The van der Waals surface area contributed by atoms with Crippen LogP contribution in [0.4, 0.5) is 13.2 Å². The molecule has 0 atom stereocenters. The molecule has 1 rings (SSSR count). The fraction of sp³-hybridized carbons (Fsp3) is 0.200. The number of thioether (sulfide) groups is 1. The Kier molecular flexibility index (Phi) is 3.74. The van der Waals surface area contributed by atoms with Crippen LogP contribution in [0.3, 0.4) is 0 Å². The van der Waals surface area contributed by atoms with E-state index in [0.29, 0.717) is 0 Å². The van der Waals surface area contributed by atoms with E-state index < -0.39 is 32.5 Å². The van der Waals surface area contributed by atoms with Crippen LogP contribution < -0.4 is 0 Å². The standard InChI is InChI=1S/C5Cl3F3N2S/c6-2-1(14-5(9,10)11)3(7)13-4(8)12-2. The molecular formula is C5Cl3F3N2S. The molecule has 0 spiro atoms. The van der Waals surface area contributed by atoms with Crippen molar-refractivity contribution in [1.29, 1.82) is 0 Å². The smallest absolute Gasteiger partial charge is 0.205 e. The molecule has 0 saturated carbocycles. The molecule has 0 fully saturated rings. The number of alkyl halides is 3. The molecule has 2 nitrogen and oxygen atoms in total. The van der Waals surface area contributed by atoms with Gasteiger partial charge in [0.15, 0.2) is 0 Å². The Morgan fingerprint density at radius 2 is 1.43 bits per heavy atom. The van der Waals surface area contributed by atoms with Gasteiger partial charge in [-0.25, -0.2) is 9.97 Å². The van der Waals surface area contributed by atoms with Gasteiger partial charge in [-0.05, 0) is 23.4 Å². The first-order valence-electron chi connectivity index (χ1n) is 2.94. The second kappa shape index (κ2) is 4.30. The minimum Gasteiger partial charge on any atom is -0.205 e. The first kappa shape index (κ1) is 12.2. The van der Waals surface area contributed by atoms with Gasteiger partial charge in [-0.3, -0.25) is 0 Å². The fourth-order valence-electron chi connectivity index (χ4n) is 0.574. The molecule has 0 aliphatic heterocycles. The lowest BCUT2D eigenvalue weighted by Gasteiger charge is -2.07. The van der Waals surface area contributed by atoms with Gasteiger partial charge in [0.1, 0.15) is 10.3 Å². The average molecular weight is 283 g/mol. The number of halogens is 6. The maximum absolute atomic E-state index is 12.0. The van der Waals surface area contributed by atoms with Crippen molar-refractivity contribution in [1.82, 2.24) is 9.97 Å². The summed E-state index contributed by atoms with van der Waals surface area (Å²) in [6.45, 7) is 0. The lowest BCUT2D eigenvalue weighted by Crippen LogP contribution is -2.01. The molecule has 0 aliphatic rings. The minimum absolute atomic E-state index is 0.300. The molecular weight excluding hydrogens is 283 g/mol. The van der Waals surface area contributed by atoms with E-state index in [-0.39, 0.29) is 5.28 Å². The van der Waals surface area contributed by atoms with Crippen molar-refractivity contribution in [2.75, 3.05) is 0 Å². The highest BCUT2D eigenvalue weighted by molar-refractivity contribution is 8.00. The zero-order valence-electron chi connectivity index (χ0n) is 6.07. The summed E-state index contributed by atoms with van der Waals surface area (Å²) in [4.78, 5) is 6.21. The van der Waals surface area contributed by atoms with Crippen molar-refractivity contribution in [2.45, 2.75) is 10.4 Å². The van der Waals surface area contributed by atoms with E-state index in [1.165, 1.54) is 0 Å². The van der Waals surface area contributed by atoms with Crippen molar-refractivity contribution in [3.05, 3.63) is 15.6 Å². The van der Waals surface area contributed by atoms with Crippen LogP contribution in [0.2, 0.25) is 15.6 Å². The van der Waals surface area contributed by atoms with Crippen LogP contribution in [0.25, 0.3) is 0 Å². The summed E-state index contributed by atoms with van der Waals surface area (Å²) < 4.78 is 35.9. The van der Waals surface area contributed by atoms with Crippen molar-refractivity contribution in [3.63, 3.8) is 0 Å². The third-order valence-corrected chi connectivity index (χ3v) is 2.74. The monoisotopic (exact) mass is 282 g/mol. The van der Waals surface area contributed by atoms with Gasteiger partial charge in [-0.15, -0.1) is 0 Å². The first-order valence-corrected chi connectivity index (χ1v) is 4.89. The third-order valence-electron chi connectivity index (χ3n) is 0.973. The number of nitrogens with zero attached hydrogens (tertiary/aromatic N) is 2. The second-order valence-electron chi connectivity index (χ2n) is 1.95. The van der Waals surface area contributed by atoms with E-state index in [0.717, 1.165) is 0 Å². The average Bonchev–Trinajstić information content (AvgIpc) is 1.95. The molecule has 1 heterocycles. The Morgan fingerprint density at radius 1 is 1.00 bits per heavy atom. The van der Waals surface area contributed by atoms with Crippen LogP contribution in [-0.4, -0.2) is 15.5 Å². The Labute approximate surface area is 95.8 Å². The van der Waals surface area contributed by atoms with E-state index in [1.54, 1.807) is 0 Å². The van der Waals surface area contributed by atoms with Gasteiger partial charge in [-0.2, -0.15) is 13.2 Å². The van der Waals surface area contributed by atoms with E-state index in [9.17, 15) is 13.2 Å². The van der Waals surface area contributed by atoms with Crippen molar-refractivity contribution >= 4 is 46.6 Å². The molecule has 0 saturated heterocycles. The highest BCUT2D eigenvalue weighted by atomic mass is 35.5. The summed E-state index contributed by atoms with van der Waals surface area (Å²) in [7, 11) is 0. The van der Waals surface area contributed by atoms with Crippen molar-refractivity contribution in [3.8, 4) is 0 Å². The van der Waals surface area contributed by atoms with Crippen molar-refractivity contribution in [2.24, 2.45) is 0 Å². The Balaban J connectivity index is 3.09. The molecule has 1 aromatic heterocycles. The summed E-state index contributed by atoms with van der Waals surface area (Å²) >= 11 is 15.6. The van der Waals surface area contributed by atoms with Crippen LogP contribution >= 0.6 is 46.6 Å². The zero-order chi connectivity index (χ0) is 10.9. The highest BCUT2D eigenvalue weighted by Crippen LogP contribution is 2.42. The van der Waals surface area contributed by atoms with Crippen LogP contribution in [0.1, 0.15) is 0 Å². The fourth-order valence-corrected chi connectivity index (χ4v) is 1.94. The molecule has 0 amide bonds. The van der Waals surface area contributed by atoms with Gasteiger partial charge >= 0.3 is 5.51 Å². The van der Waals surface area contributed by atoms with Gasteiger partial charge in [0.05, 0.1) is 4.90 Å². The lowest BCUT2D eigenvalue weighted by molar-refractivity contribution is -0.0328. The maximum atomic E-state index is 12.0. The summed E-state index contributed by atoms with van der Waals surface area (Å²) in [5.74, 6) is 0. The van der Waals surface area contributed by atoms with Crippen LogP contribution in [-0.2, 0) is 0 Å². The normalized spacial score (nSPS) is 11.9. The van der Waals surface area contributed by atoms with Crippen LogP contribution in [0.15, 0.2) is 4.90 Å². The molecule has 1 aromatic rings. The molecule has 9 heteroatoms. The van der Waals surface area contributed by atoms with Gasteiger partial charge in [0, 0.05) is 0 Å². The topological polar surface area (TPSA) is 25.8 Å². The predicted octanol–water partition coefficient (Wildman–Crippen LogP) is 4.05. The molecule has 0 aromatic carbocycles. The maximum Gasteiger partial charge on any atom is 0.446 e. The first-order chi connectivity index (χ1) is 6.29. The molecule has 14 heavy (non-hydrogen) atoms. The van der Waals surface area contributed by atoms with E-state index in [2.05, 4.69) is 9.97 Å². The number of hydrogen-bond donors (Lipinski definition) is 0. The Bertz CT molecular complexity index is 334. The summed E-state index contributed by atoms with van der Waals surface area (Å²) in [6.07, 6.45) is 0. The molecule has 0 N–H and O–H groups in total. The Morgan fingerprint density at radius 3 is 1.79 bits per heavy atom. The lowest BCUT2D eigenvalue weighted by atomic mass is 10.7. The molecule has 0 radical (unpaired) electrons. The predicted molar refractivity (Wildman–Crippen MR) is 49.0 cm³/mol. The van der Waals surface area contributed by atoms with Crippen LogP contribution in [0.5, 0.6) is 0 Å². The number of hydrogen-bond acceptors (Lipinski definition) is 3. The largest absolute Gasteiger partial charge is 0.446 e. The molecule has 0 bridgehead atoms. The Hall–Kier alpha value is 0.0900. The highest BCUT2D eigenvalue weighted by Gasteiger charge is 2.32. The van der Waals surface area contributed by atoms with Gasteiger partial charge in [-0.1, -0.05) is 23.2 Å². The number of rotatable bonds is 1. The quantitative estimate of drug-likeness (QED) is 0.442. The van der Waals surface area contributed by atoms with Gasteiger partial charge in [0.2, 0.25) is 5.28 Å². The molecule has 78 valence electrons. The summed E-state index contributed by atoms with van der Waals surface area (Å²) in [6, 6.07) is 0. The third kappa shape index (κ3) is 3.34. The summed E-state index contributed by atoms with van der Waals surface area (Å²) in [5.41, 5.74) is -4.50. The van der Waals surface area contributed by atoms with E-state index in [1.807, 2.05) is 0 Å². The van der Waals surface area contributed by atoms with Crippen LogP contribution in [0, 0.1) is 0 Å². The molecule has 0 aliphatic carbocycles.